The van der Waals surface area contributed by atoms with Gasteiger partial charge in [-0.3, -0.25) is 4.90 Å². The van der Waals surface area contributed by atoms with Crippen LogP contribution in [0.2, 0.25) is 0 Å². The molecule has 1 saturated heterocycles. The zero-order valence-corrected chi connectivity index (χ0v) is 10.3. The van der Waals surface area contributed by atoms with Gasteiger partial charge in [0.25, 0.3) is 0 Å². The third kappa shape index (κ3) is 4.12. The summed E-state index contributed by atoms with van der Waals surface area (Å²) in [7, 11) is 3.25. The number of hydrogen-bond acceptors (Lipinski definition) is 5. The molecular formula is C10H20N2O5. The van der Waals surface area contributed by atoms with Crippen LogP contribution >= 0.6 is 0 Å². The van der Waals surface area contributed by atoms with Gasteiger partial charge < -0.3 is 24.2 Å². The molecule has 1 atom stereocenters. The van der Waals surface area contributed by atoms with Gasteiger partial charge in [0.05, 0.1) is 33.0 Å². The molecule has 0 saturated carbocycles. The highest BCUT2D eigenvalue weighted by atomic mass is 16.6. The standard InChI is InChI=1S/C10H20N2O5/c1-11-7-9(12(8-15-2)10(11)14)17-6-5-16-4-3-13/h9,13H,3-8H2,1-2H3. The third-order valence-corrected chi connectivity index (χ3v) is 2.39. The summed E-state index contributed by atoms with van der Waals surface area (Å²) in [6, 6.07) is -0.104. The number of methoxy groups -OCH3 is 1. The van der Waals surface area contributed by atoms with Crippen molar-refractivity contribution in [2.45, 2.75) is 6.23 Å². The maximum Gasteiger partial charge on any atom is 0.323 e. The van der Waals surface area contributed by atoms with Crippen molar-refractivity contribution in [1.82, 2.24) is 9.80 Å². The fraction of sp³-hybridized carbons (Fsp3) is 0.900. The smallest absolute Gasteiger partial charge is 0.323 e. The summed E-state index contributed by atoms with van der Waals surface area (Å²) < 4.78 is 15.6. The van der Waals surface area contributed by atoms with Crippen molar-refractivity contribution in [3.63, 3.8) is 0 Å². The highest BCUT2D eigenvalue weighted by Crippen LogP contribution is 2.14. The first kappa shape index (κ1) is 14.2. The second-order valence-electron chi connectivity index (χ2n) is 3.71. The maximum atomic E-state index is 11.7. The molecule has 1 aliphatic rings. The molecule has 1 heterocycles. The number of urea groups is 1. The Labute approximate surface area is 101 Å². The topological polar surface area (TPSA) is 71.5 Å². The summed E-state index contributed by atoms with van der Waals surface area (Å²) in [5, 5.41) is 8.52. The molecule has 100 valence electrons. The zero-order chi connectivity index (χ0) is 12.7. The van der Waals surface area contributed by atoms with E-state index in [4.69, 9.17) is 19.3 Å². The van der Waals surface area contributed by atoms with Crippen LogP contribution in [0, 0.1) is 0 Å². The summed E-state index contributed by atoms with van der Waals surface area (Å²) >= 11 is 0. The SMILES string of the molecule is COCN1C(=O)N(C)CC1OCCOCCO. The molecule has 0 spiro atoms. The van der Waals surface area contributed by atoms with Crippen LogP contribution in [-0.4, -0.2) is 81.0 Å². The van der Waals surface area contributed by atoms with Gasteiger partial charge >= 0.3 is 6.03 Å². The van der Waals surface area contributed by atoms with Crippen molar-refractivity contribution in [3.05, 3.63) is 0 Å². The summed E-state index contributed by atoms with van der Waals surface area (Å²) in [5.74, 6) is 0. The van der Waals surface area contributed by atoms with Crippen LogP contribution in [0.4, 0.5) is 4.79 Å². The molecule has 7 heteroatoms. The van der Waals surface area contributed by atoms with Crippen molar-refractivity contribution in [3.8, 4) is 0 Å². The molecule has 1 fully saturated rings. The van der Waals surface area contributed by atoms with Gasteiger partial charge in [0.1, 0.15) is 6.73 Å². The van der Waals surface area contributed by atoms with Crippen molar-refractivity contribution in [2.75, 3.05) is 53.9 Å². The number of ether oxygens (including phenoxy) is 3. The first-order valence-electron chi connectivity index (χ1n) is 5.51. The van der Waals surface area contributed by atoms with Crippen LogP contribution in [0.5, 0.6) is 0 Å². The second kappa shape index (κ2) is 7.44. The minimum atomic E-state index is -0.301. The van der Waals surface area contributed by atoms with Crippen LogP contribution in [0.3, 0.4) is 0 Å². The number of likely N-dealkylation sites (N-methyl/N-ethyl adjacent to an activating group) is 1. The lowest BCUT2D eigenvalue weighted by molar-refractivity contribution is -0.0705. The van der Waals surface area contributed by atoms with Crippen molar-refractivity contribution < 1.29 is 24.1 Å². The van der Waals surface area contributed by atoms with Crippen LogP contribution in [-0.2, 0) is 14.2 Å². The van der Waals surface area contributed by atoms with Gasteiger partial charge in [0, 0.05) is 14.2 Å². The third-order valence-electron chi connectivity index (χ3n) is 2.39. The monoisotopic (exact) mass is 248 g/mol. The normalized spacial score (nSPS) is 20.4. The van der Waals surface area contributed by atoms with Crippen LogP contribution in [0.1, 0.15) is 0 Å². The molecule has 7 nitrogen and oxygen atoms in total. The molecule has 1 rings (SSSR count). The van der Waals surface area contributed by atoms with Crippen molar-refractivity contribution in [1.29, 1.82) is 0 Å². The number of carbonyl (C=O) groups is 1. The summed E-state index contributed by atoms with van der Waals surface area (Å²) in [6.45, 7) is 1.81. The Balaban J connectivity index is 2.28. The summed E-state index contributed by atoms with van der Waals surface area (Å²) in [5.41, 5.74) is 0. The fourth-order valence-corrected chi connectivity index (χ4v) is 1.58. The lowest BCUT2D eigenvalue weighted by Gasteiger charge is -2.22. The average molecular weight is 248 g/mol. The van der Waals surface area contributed by atoms with E-state index in [9.17, 15) is 4.79 Å². The molecule has 1 N–H and O–H groups in total. The largest absolute Gasteiger partial charge is 0.394 e. The molecule has 2 amide bonds. The first-order valence-corrected chi connectivity index (χ1v) is 5.51. The van der Waals surface area contributed by atoms with Gasteiger partial charge in [-0.2, -0.15) is 0 Å². The minimum Gasteiger partial charge on any atom is -0.394 e. The summed E-state index contributed by atoms with van der Waals surface area (Å²) in [4.78, 5) is 14.8. The van der Waals surface area contributed by atoms with Crippen LogP contribution < -0.4 is 0 Å². The molecule has 1 unspecified atom stereocenters. The zero-order valence-electron chi connectivity index (χ0n) is 10.3. The molecule has 1 aliphatic heterocycles. The van der Waals surface area contributed by atoms with Crippen LogP contribution in [0.25, 0.3) is 0 Å². The Bertz CT molecular complexity index is 239. The highest BCUT2D eigenvalue weighted by Gasteiger charge is 2.35. The molecule has 0 aliphatic carbocycles. The number of aliphatic hydroxyl groups is 1. The number of hydrogen-bond donors (Lipinski definition) is 1. The predicted molar refractivity (Wildman–Crippen MR) is 59.4 cm³/mol. The average Bonchev–Trinajstić information content (AvgIpc) is 2.57. The van der Waals surface area contributed by atoms with Crippen LogP contribution in [0.15, 0.2) is 0 Å². The fourth-order valence-electron chi connectivity index (χ4n) is 1.58. The van der Waals surface area contributed by atoms with E-state index in [0.717, 1.165) is 0 Å². The van der Waals surface area contributed by atoms with E-state index in [1.54, 1.807) is 11.9 Å². The van der Waals surface area contributed by atoms with E-state index in [-0.39, 0.29) is 25.6 Å². The second-order valence-corrected chi connectivity index (χ2v) is 3.71. The Morgan fingerprint density at radius 2 is 2.18 bits per heavy atom. The lowest BCUT2D eigenvalue weighted by Crippen LogP contribution is -2.38. The van der Waals surface area contributed by atoms with E-state index in [1.165, 1.54) is 12.0 Å². The van der Waals surface area contributed by atoms with Gasteiger partial charge in [-0.25, -0.2) is 4.79 Å². The number of nitrogens with zero attached hydrogens (tertiary/aromatic N) is 2. The number of amides is 2. The van der Waals surface area contributed by atoms with Gasteiger partial charge in [0.2, 0.25) is 0 Å². The number of carbonyl (C=O) groups excluding carboxylic acids is 1. The molecule has 0 aromatic heterocycles. The lowest BCUT2D eigenvalue weighted by atomic mass is 10.5. The first-order chi connectivity index (χ1) is 8.20. The van der Waals surface area contributed by atoms with E-state index < -0.39 is 0 Å². The quantitative estimate of drug-likeness (QED) is 0.576. The van der Waals surface area contributed by atoms with E-state index in [2.05, 4.69) is 0 Å². The number of aliphatic hydroxyl groups excluding tert-OH is 1. The maximum absolute atomic E-state index is 11.7. The molecule has 0 aromatic rings. The molecular weight excluding hydrogens is 228 g/mol. The van der Waals surface area contributed by atoms with Crippen molar-refractivity contribution in [2.24, 2.45) is 0 Å². The van der Waals surface area contributed by atoms with Gasteiger partial charge in [-0.1, -0.05) is 0 Å². The molecule has 17 heavy (non-hydrogen) atoms. The van der Waals surface area contributed by atoms with Crippen molar-refractivity contribution >= 4 is 6.03 Å². The Kier molecular flexibility index (Phi) is 6.20. The highest BCUT2D eigenvalue weighted by molar-refractivity contribution is 5.76. The molecule has 0 radical (unpaired) electrons. The van der Waals surface area contributed by atoms with Gasteiger partial charge in [0.15, 0.2) is 6.23 Å². The Hall–Kier alpha value is -0.890. The molecule has 0 aromatic carbocycles. The van der Waals surface area contributed by atoms with Gasteiger partial charge in [-0.05, 0) is 0 Å². The summed E-state index contributed by atoms with van der Waals surface area (Å²) in [6.07, 6.45) is -0.301. The van der Waals surface area contributed by atoms with E-state index in [0.29, 0.717) is 26.4 Å². The Morgan fingerprint density at radius 1 is 1.41 bits per heavy atom. The van der Waals surface area contributed by atoms with Gasteiger partial charge in [-0.15, -0.1) is 0 Å². The number of rotatable bonds is 8. The van der Waals surface area contributed by atoms with E-state index >= 15 is 0 Å². The predicted octanol–water partition coefficient (Wildman–Crippen LogP) is -0.691. The molecule has 0 bridgehead atoms. The minimum absolute atomic E-state index is 0.000448. The Morgan fingerprint density at radius 3 is 2.82 bits per heavy atom. The van der Waals surface area contributed by atoms with E-state index in [1.807, 2.05) is 0 Å².